The van der Waals surface area contributed by atoms with E-state index in [9.17, 15) is 45.8 Å². The summed E-state index contributed by atoms with van der Waals surface area (Å²) in [6.07, 6.45) is -9.52. The van der Waals surface area contributed by atoms with Crippen LogP contribution in [0.3, 0.4) is 0 Å². The van der Waals surface area contributed by atoms with E-state index in [1.165, 1.54) is 17.0 Å². The number of fused-ring (bicyclic) bond motifs is 2. The van der Waals surface area contributed by atoms with Crippen LogP contribution in [0.15, 0.2) is 48.5 Å². The molecule has 2 N–H and O–H groups in total. The fourth-order valence-electron chi connectivity index (χ4n) is 6.05. The maximum Gasteiger partial charge on any atom is 0.573 e. The van der Waals surface area contributed by atoms with Crippen molar-refractivity contribution in [1.29, 1.82) is 0 Å². The topological polar surface area (TPSA) is 95.9 Å². The number of carbonyl (C=O) groups is 3. The van der Waals surface area contributed by atoms with Gasteiger partial charge in [-0.2, -0.15) is 13.2 Å². The third kappa shape index (κ3) is 5.93. The molecule has 7 nitrogen and oxygen atoms in total. The molecule has 2 aromatic carbocycles. The van der Waals surface area contributed by atoms with E-state index in [1.54, 1.807) is 24.3 Å². The molecule has 40 heavy (non-hydrogen) atoms. The Morgan fingerprint density at radius 1 is 1.02 bits per heavy atom. The van der Waals surface area contributed by atoms with E-state index in [1.807, 2.05) is 0 Å². The average Bonchev–Trinajstić information content (AvgIpc) is 3.34. The highest BCUT2D eigenvalue weighted by Gasteiger charge is 2.57. The van der Waals surface area contributed by atoms with Crippen molar-refractivity contribution in [2.75, 3.05) is 11.4 Å². The van der Waals surface area contributed by atoms with Crippen molar-refractivity contribution in [3.63, 3.8) is 0 Å². The first kappa shape index (κ1) is 29.4. The fourth-order valence-corrected chi connectivity index (χ4v) is 6.05. The van der Waals surface area contributed by atoms with E-state index in [-0.39, 0.29) is 5.56 Å². The van der Waals surface area contributed by atoms with Gasteiger partial charge in [0, 0.05) is 36.2 Å². The van der Waals surface area contributed by atoms with Crippen LogP contribution in [-0.2, 0) is 9.59 Å². The number of hydrogen-bond acceptors (Lipinski definition) is 5. The van der Waals surface area contributed by atoms with Gasteiger partial charge in [0.2, 0.25) is 0 Å². The lowest BCUT2D eigenvalue weighted by atomic mass is 9.65. The van der Waals surface area contributed by atoms with Gasteiger partial charge < -0.3 is 24.9 Å². The van der Waals surface area contributed by atoms with E-state index in [0.717, 1.165) is 12.1 Å². The van der Waals surface area contributed by atoms with Crippen LogP contribution in [0.25, 0.3) is 0 Å². The maximum atomic E-state index is 13.7. The van der Waals surface area contributed by atoms with Crippen molar-refractivity contribution in [1.82, 2.24) is 5.32 Å². The van der Waals surface area contributed by atoms with Gasteiger partial charge in [-0.25, -0.2) is 0 Å². The zero-order chi connectivity index (χ0) is 29.3. The Morgan fingerprint density at radius 2 is 1.70 bits per heavy atom. The van der Waals surface area contributed by atoms with Gasteiger partial charge in [0.05, 0.1) is 6.42 Å². The molecule has 2 aromatic rings. The third-order valence-corrected chi connectivity index (χ3v) is 7.54. The van der Waals surface area contributed by atoms with Crippen LogP contribution < -0.4 is 15.0 Å². The van der Waals surface area contributed by atoms with Gasteiger partial charge in [-0.1, -0.05) is 24.6 Å². The molecular weight excluding hydrogens is 546 g/mol. The first-order chi connectivity index (χ1) is 18.8. The van der Waals surface area contributed by atoms with Gasteiger partial charge in [-0.15, -0.1) is 13.2 Å². The molecule has 1 heterocycles. The van der Waals surface area contributed by atoms with E-state index in [2.05, 4.69) is 10.1 Å². The number of carbonyl (C=O) groups excluding carboxylic acids is 2. The Kier molecular flexibility index (Phi) is 8.16. The number of benzene rings is 2. The second-order valence-corrected chi connectivity index (χ2v) is 9.89. The molecule has 1 saturated carbocycles. The van der Waals surface area contributed by atoms with Crippen molar-refractivity contribution >= 4 is 23.9 Å². The molecule has 4 rings (SSSR count). The number of para-hydroxylation sites is 1. The van der Waals surface area contributed by atoms with Gasteiger partial charge in [-0.05, 0) is 54.7 Å². The van der Waals surface area contributed by atoms with Crippen molar-refractivity contribution in [3.8, 4) is 5.75 Å². The van der Waals surface area contributed by atoms with Crippen LogP contribution in [0.1, 0.15) is 53.9 Å². The Morgan fingerprint density at radius 3 is 2.30 bits per heavy atom. The first-order valence-electron chi connectivity index (χ1n) is 12.5. The Labute approximate surface area is 225 Å². The summed E-state index contributed by atoms with van der Waals surface area (Å²) in [7, 11) is 0. The lowest BCUT2D eigenvalue weighted by molar-refractivity contribution is -0.274. The second kappa shape index (κ2) is 11.1. The standard InChI is InChI=1S/C27H26F6N2O5/c28-26(29,30)12-14-34-25(13-15-36,24(38)39)22-18-4-1-2-6-20(18)35(21-7-3-5-19(21)22)23(37)16-8-10-17(11-9-16)40-27(31,32)33/h1-2,4,6,8-11,15,19,21-22,34H,3,5,7,12-14H2,(H,38,39). The van der Waals surface area contributed by atoms with Crippen LogP contribution >= 0.6 is 0 Å². The SMILES string of the molecule is O=CCC(NCCC(F)(F)F)(C(=O)O)C1c2ccccc2N(C(=O)c2ccc(OC(F)(F)F)cc2)C2CCCC21. The minimum atomic E-state index is -4.91. The fraction of sp³-hybridized carbons (Fsp3) is 0.444. The number of rotatable bonds is 9. The number of carboxylic acids is 1. The molecule has 0 saturated heterocycles. The molecule has 0 aromatic heterocycles. The zero-order valence-corrected chi connectivity index (χ0v) is 21.0. The van der Waals surface area contributed by atoms with Crippen LogP contribution in [0, 0.1) is 5.92 Å². The van der Waals surface area contributed by atoms with Gasteiger partial charge >= 0.3 is 18.5 Å². The van der Waals surface area contributed by atoms with Crippen LogP contribution in [0.5, 0.6) is 5.75 Å². The molecule has 1 aliphatic carbocycles. The van der Waals surface area contributed by atoms with E-state index in [4.69, 9.17) is 0 Å². The lowest BCUT2D eigenvalue weighted by Crippen LogP contribution is -2.62. The zero-order valence-electron chi connectivity index (χ0n) is 21.0. The highest BCUT2D eigenvalue weighted by molar-refractivity contribution is 6.07. The molecule has 0 radical (unpaired) electrons. The summed E-state index contributed by atoms with van der Waals surface area (Å²) in [5, 5.41) is 12.9. The number of alkyl halides is 6. The summed E-state index contributed by atoms with van der Waals surface area (Å²) in [5.74, 6) is -4.00. The third-order valence-electron chi connectivity index (χ3n) is 7.54. The summed E-state index contributed by atoms with van der Waals surface area (Å²) in [6.45, 7) is -0.727. The van der Waals surface area contributed by atoms with Crippen molar-refractivity contribution < 1.29 is 50.6 Å². The predicted octanol–water partition coefficient (Wildman–Crippen LogP) is 5.45. The predicted molar refractivity (Wildman–Crippen MR) is 130 cm³/mol. The molecule has 1 fully saturated rings. The number of nitrogens with zero attached hydrogens (tertiary/aromatic N) is 1. The summed E-state index contributed by atoms with van der Waals surface area (Å²) in [6, 6.07) is 10.2. The number of ether oxygens (including phenoxy) is 1. The Balaban J connectivity index is 1.76. The minimum Gasteiger partial charge on any atom is -0.480 e. The Bertz CT molecular complexity index is 1250. The highest BCUT2D eigenvalue weighted by Crippen LogP contribution is 2.54. The molecule has 13 heteroatoms. The van der Waals surface area contributed by atoms with Crippen molar-refractivity contribution in [3.05, 3.63) is 59.7 Å². The first-order valence-corrected chi connectivity index (χ1v) is 12.5. The normalized spacial score (nSPS) is 22.1. The van der Waals surface area contributed by atoms with Crippen molar-refractivity contribution in [2.24, 2.45) is 5.92 Å². The summed E-state index contributed by atoms with van der Waals surface area (Å²) < 4.78 is 80.4. The van der Waals surface area contributed by atoms with E-state index in [0.29, 0.717) is 36.8 Å². The van der Waals surface area contributed by atoms with Crippen LogP contribution in [0.2, 0.25) is 0 Å². The Hall–Kier alpha value is -3.61. The molecule has 1 amide bonds. The number of halogens is 6. The number of aliphatic carboxylic acids is 1. The summed E-state index contributed by atoms with van der Waals surface area (Å²) in [5.41, 5.74) is -1.30. The molecule has 4 unspecified atom stereocenters. The maximum absolute atomic E-state index is 13.7. The van der Waals surface area contributed by atoms with E-state index < -0.39 is 73.0 Å². The second-order valence-electron chi connectivity index (χ2n) is 9.89. The largest absolute Gasteiger partial charge is 0.573 e. The van der Waals surface area contributed by atoms with Gasteiger partial charge in [0.15, 0.2) is 0 Å². The van der Waals surface area contributed by atoms with Gasteiger partial charge in [0.25, 0.3) is 5.91 Å². The summed E-state index contributed by atoms with van der Waals surface area (Å²) >= 11 is 0. The lowest BCUT2D eigenvalue weighted by Gasteiger charge is -2.49. The molecule has 2 aliphatic rings. The van der Waals surface area contributed by atoms with Gasteiger partial charge in [0.1, 0.15) is 17.6 Å². The molecular formula is C27H26F6N2O5. The quantitative estimate of drug-likeness (QED) is 0.307. The number of aldehydes is 1. The number of nitrogens with one attached hydrogen (secondary N) is 1. The number of anilines is 1. The smallest absolute Gasteiger partial charge is 0.480 e. The minimum absolute atomic E-state index is 0.0640. The molecule has 4 atom stereocenters. The monoisotopic (exact) mass is 572 g/mol. The highest BCUT2D eigenvalue weighted by atomic mass is 19.4. The molecule has 1 aliphatic heterocycles. The number of carboxylic acid groups (broad SMARTS) is 1. The van der Waals surface area contributed by atoms with Crippen LogP contribution in [0.4, 0.5) is 32.0 Å². The van der Waals surface area contributed by atoms with Crippen LogP contribution in [-0.4, -0.2) is 53.9 Å². The number of hydrogen-bond donors (Lipinski definition) is 2. The molecule has 0 bridgehead atoms. The molecule has 216 valence electrons. The van der Waals surface area contributed by atoms with E-state index >= 15 is 0 Å². The van der Waals surface area contributed by atoms with Gasteiger partial charge in [-0.3, -0.25) is 9.59 Å². The molecule has 0 spiro atoms. The number of amides is 1. The average molecular weight is 573 g/mol. The summed E-state index contributed by atoms with van der Waals surface area (Å²) in [4.78, 5) is 39.7. The van der Waals surface area contributed by atoms with Crippen molar-refractivity contribution in [2.45, 2.75) is 62.1 Å².